The maximum Gasteiger partial charge on any atom is 0.251 e. The minimum atomic E-state index is -1.57. The molecule has 4 aromatic carbocycles. The van der Waals surface area contributed by atoms with Gasteiger partial charge in [0.2, 0.25) is 29.5 Å². The predicted molar refractivity (Wildman–Crippen MR) is 243 cm³/mol. The number of unbranched alkanes of at least 4 members (excludes halogenated alkanes) is 1. The van der Waals surface area contributed by atoms with Crippen LogP contribution >= 0.6 is 11.6 Å². The number of benzene rings is 4. The number of nitrogens with two attached hydrogens (primary N) is 2. The minimum absolute atomic E-state index is 0.0878. The van der Waals surface area contributed by atoms with Crippen LogP contribution in [0.3, 0.4) is 0 Å². The third kappa shape index (κ3) is 11.2. The molecule has 1 fully saturated rings. The lowest BCUT2D eigenvalue weighted by Gasteiger charge is -2.40. The normalized spacial score (nSPS) is 20.5. The van der Waals surface area contributed by atoms with E-state index < -0.39 is 77.9 Å². The summed E-state index contributed by atoms with van der Waals surface area (Å²) >= 11 is 6.05. The highest BCUT2D eigenvalue weighted by Crippen LogP contribution is 2.39. The van der Waals surface area contributed by atoms with Crippen molar-refractivity contribution in [2.45, 2.75) is 88.4 Å². The fourth-order valence-electron chi connectivity index (χ4n) is 8.00. The van der Waals surface area contributed by atoms with Crippen LogP contribution < -0.4 is 32.7 Å². The quantitative estimate of drug-likeness (QED) is 0.0880. The van der Waals surface area contributed by atoms with Crippen LogP contribution in [0.4, 0.5) is 0 Å². The summed E-state index contributed by atoms with van der Waals surface area (Å²) in [5, 5.41) is 45.5. The van der Waals surface area contributed by atoms with E-state index in [1.807, 2.05) is 12.1 Å². The third-order valence-electron chi connectivity index (χ3n) is 11.9. The molecular weight excluding hydrogens is 856 g/mol. The monoisotopic (exact) mass is 910 g/mol. The number of nitrogens with one attached hydrogen (secondary N) is 4. The van der Waals surface area contributed by atoms with Gasteiger partial charge >= 0.3 is 0 Å². The Morgan fingerprint density at radius 3 is 2.15 bits per heavy atom. The lowest BCUT2D eigenvalue weighted by Crippen LogP contribution is -2.63. The van der Waals surface area contributed by atoms with Gasteiger partial charge in [0, 0.05) is 35.3 Å². The number of halogens is 1. The number of carbonyl (C=O) groups is 6. The molecule has 2 aliphatic heterocycles. The molecule has 4 aromatic rings. The van der Waals surface area contributed by atoms with Gasteiger partial charge in [0.05, 0.1) is 12.1 Å². The zero-order valence-electron chi connectivity index (χ0n) is 36.3. The summed E-state index contributed by atoms with van der Waals surface area (Å²) < 4.78 is 0. The number of rotatable bonds is 13. The number of amides is 6. The molecule has 1 unspecified atom stereocenters. The molecule has 0 aliphatic carbocycles. The maximum absolute atomic E-state index is 14.6. The van der Waals surface area contributed by atoms with Crippen LogP contribution in [-0.4, -0.2) is 117 Å². The Balaban J connectivity index is 1.29. The number of nitrogens with zero attached hydrogens (tertiary/aromatic N) is 2. The molecule has 6 rings (SSSR count). The summed E-state index contributed by atoms with van der Waals surface area (Å²) in [6.07, 6.45) is -0.0488. The Morgan fingerprint density at radius 1 is 0.908 bits per heavy atom. The molecule has 0 saturated carbocycles. The highest BCUT2D eigenvalue weighted by Gasteiger charge is 2.40. The largest absolute Gasteiger partial charge is 0.507 e. The number of phenols is 2. The van der Waals surface area contributed by atoms with E-state index in [2.05, 4.69) is 21.3 Å². The van der Waals surface area contributed by atoms with E-state index in [1.165, 1.54) is 55.0 Å². The molecule has 0 spiro atoms. The summed E-state index contributed by atoms with van der Waals surface area (Å²) in [6.45, 7) is 3.58. The SMILES string of the molecule is C[C@H](NC(=O)[C@@H]1Cc2ccc(O)c(c2)-c2cc(ccc2O)[C@H](N(C)C(=O)[C@H](CCCCN)NC(=O)c2ccc(-c3ccc(Cl)cc3)cc2)C(=O)N[C@@H](C)C(O)N1)C(=O)N1CC[C@H]1C(N)=O. The maximum atomic E-state index is 14.6. The number of aromatic hydroxyl groups is 2. The molecule has 1 saturated heterocycles. The van der Waals surface area contributed by atoms with E-state index in [0.717, 1.165) is 11.1 Å². The topological polar surface area (TPSA) is 270 Å². The van der Waals surface area contributed by atoms with Gasteiger partial charge in [-0.2, -0.15) is 0 Å². The smallest absolute Gasteiger partial charge is 0.251 e. The van der Waals surface area contributed by atoms with Crippen LogP contribution in [0.2, 0.25) is 5.02 Å². The van der Waals surface area contributed by atoms with Crippen LogP contribution in [0.15, 0.2) is 84.9 Å². The number of likely N-dealkylation sites (tertiary alicyclic amines) is 1. The minimum Gasteiger partial charge on any atom is -0.507 e. The zero-order valence-corrected chi connectivity index (χ0v) is 37.0. The van der Waals surface area contributed by atoms with E-state index in [-0.39, 0.29) is 41.0 Å². The second-order valence-electron chi connectivity index (χ2n) is 16.5. The predicted octanol–water partition coefficient (Wildman–Crippen LogP) is 2.44. The summed E-state index contributed by atoms with van der Waals surface area (Å²) in [5.74, 6) is -4.30. The van der Waals surface area contributed by atoms with Crippen molar-refractivity contribution in [1.82, 2.24) is 31.1 Å². The molecule has 4 bridgehead atoms. The van der Waals surface area contributed by atoms with Gasteiger partial charge in [-0.15, -0.1) is 0 Å². The molecule has 6 amide bonds. The second kappa shape index (κ2) is 21.0. The first-order valence-electron chi connectivity index (χ1n) is 21.4. The molecule has 7 atom stereocenters. The van der Waals surface area contributed by atoms with Gasteiger partial charge in [0.25, 0.3) is 5.91 Å². The van der Waals surface area contributed by atoms with Crippen LogP contribution in [-0.2, 0) is 30.4 Å². The fraction of sp³-hybridized carbons (Fsp3) is 0.362. The first-order valence-corrected chi connectivity index (χ1v) is 21.8. The Labute approximate surface area is 381 Å². The number of hydrogen-bond donors (Lipinski definition) is 9. The summed E-state index contributed by atoms with van der Waals surface area (Å²) in [6, 6.07) is 16.1. The van der Waals surface area contributed by atoms with Crippen LogP contribution in [0.1, 0.15) is 67.1 Å². The van der Waals surface area contributed by atoms with Crippen molar-refractivity contribution >= 4 is 47.0 Å². The van der Waals surface area contributed by atoms with Crippen molar-refractivity contribution in [2.75, 3.05) is 20.1 Å². The number of hydrogen-bond acceptors (Lipinski definition) is 11. The average Bonchev–Trinajstić information content (AvgIpc) is 3.26. The highest BCUT2D eigenvalue weighted by molar-refractivity contribution is 6.30. The van der Waals surface area contributed by atoms with Gasteiger partial charge in [-0.05, 0) is 123 Å². The van der Waals surface area contributed by atoms with Crippen molar-refractivity contribution in [2.24, 2.45) is 11.5 Å². The third-order valence-corrected chi connectivity index (χ3v) is 12.1. The van der Waals surface area contributed by atoms with Gasteiger partial charge in [-0.25, -0.2) is 0 Å². The molecule has 2 aliphatic rings. The summed E-state index contributed by atoms with van der Waals surface area (Å²) in [4.78, 5) is 84.2. The average molecular weight is 911 g/mol. The van der Waals surface area contributed by atoms with Gasteiger partial charge < -0.3 is 52.5 Å². The van der Waals surface area contributed by atoms with Crippen molar-refractivity contribution in [3.8, 4) is 33.8 Å². The summed E-state index contributed by atoms with van der Waals surface area (Å²) in [7, 11) is 1.40. The van der Waals surface area contributed by atoms with Crippen molar-refractivity contribution in [1.29, 1.82) is 0 Å². The molecule has 65 heavy (non-hydrogen) atoms. The Bertz CT molecular complexity index is 2420. The lowest BCUT2D eigenvalue weighted by molar-refractivity contribution is -0.148. The first-order chi connectivity index (χ1) is 31.0. The molecule has 0 radical (unpaired) electrons. The van der Waals surface area contributed by atoms with Gasteiger partial charge in [0.15, 0.2) is 0 Å². The molecule has 344 valence electrons. The van der Waals surface area contributed by atoms with E-state index >= 15 is 0 Å². The van der Waals surface area contributed by atoms with Crippen LogP contribution in [0.5, 0.6) is 11.5 Å². The van der Waals surface area contributed by atoms with E-state index in [0.29, 0.717) is 48.5 Å². The van der Waals surface area contributed by atoms with Crippen LogP contribution in [0.25, 0.3) is 22.3 Å². The number of carbonyl (C=O) groups excluding carboxylic acids is 6. The van der Waals surface area contributed by atoms with E-state index in [1.54, 1.807) is 48.5 Å². The molecule has 11 N–H and O–H groups in total. The molecule has 0 aromatic heterocycles. The Morgan fingerprint density at radius 2 is 1.54 bits per heavy atom. The highest BCUT2D eigenvalue weighted by atomic mass is 35.5. The van der Waals surface area contributed by atoms with E-state index in [4.69, 9.17) is 23.1 Å². The Kier molecular flexibility index (Phi) is 15.5. The second-order valence-corrected chi connectivity index (χ2v) is 16.9. The number of aliphatic hydroxyl groups excluding tert-OH is 1. The van der Waals surface area contributed by atoms with Crippen LogP contribution in [0, 0.1) is 0 Å². The fourth-order valence-corrected chi connectivity index (χ4v) is 8.13. The van der Waals surface area contributed by atoms with Gasteiger partial charge in [-0.1, -0.05) is 48.0 Å². The van der Waals surface area contributed by atoms with Crippen molar-refractivity contribution < 1.29 is 44.1 Å². The molecular formula is C47H55ClN8O9. The summed E-state index contributed by atoms with van der Waals surface area (Å²) in [5.41, 5.74) is 14.2. The number of likely N-dealkylation sites (N-methyl/N-ethyl adjacent to an activating group) is 1. The molecule has 17 nitrogen and oxygen atoms in total. The Hall–Kier alpha value is -6.53. The standard InChI is InChI=1S/C47H55ClN8O9/c1-25-42(60)54-36(44(62)52-26(2)46(64)56-21-19-37(56)41(50)59)23-27-7-17-38(57)33(22-27)34-24-31(14-18-39(34)58)40(45(63)51-25)55(3)47(65)35(6-4-5-20-49)53-43(61)30-10-8-28(9-11-30)29-12-15-32(48)16-13-29/h7-18,22,24-26,35-37,40,42,54,57-58,60H,4-6,19-21,23,49H2,1-3H3,(H2,50,59)(H,51,63)(H,52,62)(H,53,61)/t25-,26-,35-,36-,37-,40-,42?/m0/s1. The molecule has 18 heteroatoms. The first kappa shape index (κ1) is 47.9. The van der Waals surface area contributed by atoms with E-state index in [9.17, 15) is 44.1 Å². The number of fused-ring (bicyclic) bond motifs is 5. The van der Waals surface area contributed by atoms with Gasteiger partial charge in [0.1, 0.15) is 41.9 Å². The molecule has 2 heterocycles. The van der Waals surface area contributed by atoms with Gasteiger partial charge in [-0.3, -0.25) is 34.1 Å². The zero-order chi connectivity index (χ0) is 47.1. The number of aliphatic hydroxyl groups is 1. The van der Waals surface area contributed by atoms with Crippen molar-refractivity contribution in [3.63, 3.8) is 0 Å². The van der Waals surface area contributed by atoms with Crippen molar-refractivity contribution in [3.05, 3.63) is 107 Å². The lowest BCUT2D eigenvalue weighted by atomic mass is 9.93. The number of primary amides is 1. The number of phenolic OH excluding ortho intramolecular Hbond substituents is 2.